The van der Waals surface area contributed by atoms with E-state index in [1.165, 1.54) is 0 Å². The smallest absolute Gasteiger partial charge is 0.292 e. The normalized spacial score (nSPS) is 12.0. The zero-order valence-electron chi connectivity index (χ0n) is 10.8. The molecule has 1 rings (SSSR count). The Morgan fingerprint density at radius 3 is 2.41 bits per heavy atom. The van der Waals surface area contributed by atoms with E-state index in [2.05, 4.69) is 5.32 Å². The summed E-state index contributed by atoms with van der Waals surface area (Å²) in [6.07, 6.45) is 0.811. The van der Waals surface area contributed by atoms with Crippen molar-refractivity contribution in [3.8, 4) is 0 Å². The monoisotopic (exact) mass is 233 g/mol. The molecule has 1 aromatic rings. The molecule has 0 aliphatic carbocycles. The predicted molar refractivity (Wildman–Crippen MR) is 68.1 cm³/mol. The lowest BCUT2D eigenvalue weighted by molar-refractivity contribution is -0.117. The van der Waals surface area contributed by atoms with Gasteiger partial charge in [-0.2, -0.15) is 0 Å². The highest BCUT2D eigenvalue weighted by atomic mass is 16.2. The molecular weight excluding hydrogens is 214 g/mol. The first kappa shape index (κ1) is 13.4. The van der Waals surface area contributed by atoms with Gasteiger partial charge in [-0.25, -0.2) is 0 Å². The van der Waals surface area contributed by atoms with Crippen LogP contribution < -0.4 is 5.32 Å². The average molecular weight is 233 g/mol. The van der Waals surface area contributed by atoms with E-state index in [1.54, 1.807) is 12.1 Å². The summed E-state index contributed by atoms with van der Waals surface area (Å²) in [4.78, 5) is 23.5. The van der Waals surface area contributed by atoms with Crippen LogP contribution in [0.15, 0.2) is 18.2 Å². The molecule has 1 unspecified atom stereocenters. The molecule has 0 aromatic heterocycles. The summed E-state index contributed by atoms with van der Waals surface area (Å²) in [7, 11) is 0. The van der Waals surface area contributed by atoms with Crippen LogP contribution in [-0.4, -0.2) is 17.7 Å². The van der Waals surface area contributed by atoms with Gasteiger partial charge in [-0.05, 0) is 44.4 Å². The van der Waals surface area contributed by atoms with Crippen LogP contribution in [0.25, 0.3) is 0 Å². The van der Waals surface area contributed by atoms with E-state index >= 15 is 0 Å². The third kappa shape index (κ3) is 3.41. The Balaban J connectivity index is 2.82. The molecule has 92 valence electrons. The van der Waals surface area contributed by atoms with Crippen LogP contribution in [0.2, 0.25) is 0 Å². The summed E-state index contributed by atoms with van der Waals surface area (Å²) in [5.74, 6) is -0.990. The second-order valence-corrected chi connectivity index (χ2v) is 4.41. The number of benzene rings is 1. The van der Waals surface area contributed by atoms with Crippen LogP contribution in [0.5, 0.6) is 0 Å². The molecule has 0 spiro atoms. The van der Waals surface area contributed by atoms with Gasteiger partial charge in [-0.15, -0.1) is 0 Å². The molecule has 1 amide bonds. The summed E-state index contributed by atoms with van der Waals surface area (Å²) in [5.41, 5.74) is 2.59. The van der Waals surface area contributed by atoms with E-state index in [4.69, 9.17) is 0 Å². The number of aryl methyl sites for hydroxylation is 2. The Morgan fingerprint density at radius 2 is 1.88 bits per heavy atom. The maximum atomic E-state index is 11.8. The standard InChI is InChI=1S/C14H19NO2/c1-5-11(4)15-14(17)13(16)12-7-6-9(2)10(3)8-12/h6-8,11H,5H2,1-4H3,(H,15,17). The van der Waals surface area contributed by atoms with Crippen LogP contribution in [0.3, 0.4) is 0 Å². The first-order valence-electron chi connectivity index (χ1n) is 5.88. The van der Waals surface area contributed by atoms with Crippen molar-refractivity contribution in [3.63, 3.8) is 0 Å². The van der Waals surface area contributed by atoms with Crippen molar-refractivity contribution < 1.29 is 9.59 Å². The molecule has 1 aromatic carbocycles. The quantitative estimate of drug-likeness (QED) is 0.641. The number of ketones is 1. The van der Waals surface area contributed by atoms with Crippen LogP contribution in [0.4, 0.5) is 0 Å². The molecule has 0 aliphatic heterocycles. The Hall–Kier alpha value is -1.64. The predicted octanol–water partition coefficient (Wildman–Crippen LogP) is 2.40. The molecular formula is C14H19NO2. The number of hydrogen-bond acceptors (Lipinski definition) is 2. The summed E-state index contributed by atoms with van der Waals surface area (Å²) < 4.78 is 0. The van der Waals surface area contributed by atoms with E-state index in [9.17, 15) is 9.59 Å². The topological polar surface area (TPSA) is 46.2 Å². The van der Waals surface area contributed by atoms with E-state index in [0.717, 1.165) is 17.5 Å². The van der Waals surface area contributed by atoms with E-state index < -0.39 is 11.7 Å². The van der Waals surface area contributed by atoms with Crippen molar-refractivity contribution in [2.45, 2.75) is 40.2 Å². The fourth-order valence-corrected chi connectivity index (χ4v) is 1.41. The minimum absolute atomic E-state index is 0.0259. The number of rotatable bonds is 4. The lowest BCUT2D eigenvalue weighted by Crippen LogP contribution is -2.37. The first-order chi connectivity index (χ1) is 7.95. The number of carbonyl (C=O) groups is 2. The van der Waals surface area contributed by atoms with Crippen molar-refractivity contribution in [1.29, 1.82) is 0 Å². The van der Waals surface area contributed by atoms with Crippen molar-refractivity contribution in [1.82, 2.24) is 5.32 Å². The fourth-order valence-electron chi connectivity index (χ4n) is 1.41. The van der Waals surface area contributed by atoms with Crippen molar-refractivity contribution in [3.05, 3.63) is 34.9 Å². The molecule has 3 heteroatoms. The highest BCUT2D eigenvalue weighted by molar-refractivity contribution is 6.42. The number of hydrogen-bond donors (Lipinski definition) is 1. The number of carbonyl (C=O) groups excluding carboxylic acids is 2. The van der Waals surface area contributed by atoms with Crippen molar-refractivity contribution >= 4 is 11.7 Å². The molecule has 17 heavy (non-hydrogen) atoms. The molecule has 0 aliphatic rings. The van der Waals surface area contributed by atoms with Gasteiger partial charge in [0.05, 0.1) is 0 Å². The summed E-state index contributed by atoms with van der Waals surface area (Å²) in [5, 5.41) is 2.67. The largest absolute Gasteiger partial charge is 0.347 e. The minimum Gasteiger partial charge on any atom is -0.347 e. The molecule has 0 heterocycles. The Labute approximate surface area is 102 Å². The van der Waals surface area contributed by atoms with E-state index in [-0.39, 0.29) is 6.04 Å². The summed E-state index contributed by atoms with van der Waals surface area (Å²) >= 11 is 0. The van der Waals surface area contributed by atoms with Gasteiger partial charge in [0.25, 0.3) is 5.91 Å². The van der Waals surface area contributed by atoms with Gasteiger partial charge < -0.3 is 5.32 Å². The molecule has 0 radical (unpaired) electrons. The number of Topliss-reactive ketones (excluding diaryl/α,β-unsaturated/α-hetero) is 1. The molecule has 0 saturated heterocycles. The molecule has 3 nitrogen and oxygen atoms in total. The summed E-state index contributed by atoms with van der Waals surface area (Å²) in [6, 6.07) is 5.34. The highest BCUT2D eigenvalue weighted by Crippen LogP contribution is 2.10. The SMILES string of the molecule is CCC(C)NC(=O)C(=O)c1ccc(C)c(C)c1. The third-order valence-corrected chi connectivity index (χ3v) is 2.97. The fraction of sp³-hybridized carbons (Fsp3) is 0.429. The van der Waals surface area contributed by atoms with Gasteiger partial charge in [0, 0.05) is 11.6 Å². The first-order valence-corrected chi connectivity index (χ1v) is 5.88. The Bertz CT molecular complexity index is 438. The Kier molecular flexibility index (Phi) is 4.44. The second kappa shape index (κ2) is 5.62. The molecule has 0 bridgehead atoms. The lowest BCUT2D eigenvalue weighted by Gasteiger charge is -2.10. The average Bonchev–Trinajstić information content (AvgIpc) is 2.31. The van der Waals surface area contributed by atoms with Crippen LogP contribution in [0, 0.1) is 13.8 Å². The maximum absolute atomic E-state index is 11.8. The second-order valence-electron chi connectivity index (χ2n) is 4.41. The maximum Gasteiger partial charge on any atom is 0.292 e. The van der Waals surface area contributed by atoms with Crippen LogP contribution in [-0.2, 0) is 4.79 Å². The number of amides is 1. The van der Waals surface area contributed by atoms with Gasteiger partial charge in [-0.3, -0.25) is 9.59 Å². The molecule has 1 atom stereocenters. The minimum atomic E-state index is -0.525. The highest BCUT2D eigenvalue weighted by Gasteiger charge is 2.17. The van der Waals surface area contributed by atoms with Gasteiger partial charge in [0.15, 0.2) is 0 Å². The van der Waals surface area contributed by atoms with Crippen LogP contribution >= 0.6 is 0 Å². The summed E-state index contributed by atoms with van der Waals surface area (Å²) in [6.45, 7) is 7.75. The molecule has 0 saturated carbocycles. The van der Waals surface area contributed by atoms with Crippen molar-refractivity contribution in [2.24, 2.45) is 0 Å². The third-order valence-electron chi connectivity index (χ3n) is 2.97. The molecule has 0 fully saturated rings. The van der Waals surface area contributed by atoms with E-state index in [1.807, 2.05) is 33.8 Å². The van der Waals surface area contributed by atoms with Crippen molar-refractivity contribution in [2.75, 3.05) is 0 Å². The zero-order valence-corrected chi connectivity index (χ0v) is 10.8. The van der Waals surface area contributed by atoms with Gasteiger partial charge in [0.2, 0.25) is 5.78 Å². The van der Waals surface area contributed by atoms with Gasteiger partial charge in [0.1, 0.15) is 0 Å². The zero-order chi connectivity index (χ0) is 13.0. The van der Waals surface area contributed by atoms with Gasteiger partial charge >= 0.3 is 0 Å². The lowest BCUT2D eigenvalue weighted by atomic mass is 10.0. The Morgan fingerprint density at radius 1 is 1.24 bits per heavy atom. The molecule has 1 N–H and O–H groups in total. The number of nitrogens with one attached hydrogen (secondary N) is 1. The van der Waals surface area contributed by atoms with Gasteiger partial charge in [-0.1, -0.05) is 19.1 Å². The van der Waals surface area contributed by atoms with Crippen LogP contribution in [0.1, 0.15) is 41.8 Å². The van der Waals surface area contributed by atoms with E-state index in [0.29, 0.717) is 5.56 Å².